The van der Waals surface area contributed by atoms with Crippen LogP contribution in [0.15, 0.2) is 48.6 Å². The monoisotopic (exact) mass is 608 g/mol. The molecule has 0 amide bonds. The summed E-state index contributed by atoms with van der Waals surface area (Å²) in [5, 5.41) is 39.9. The van der Waals surface area contributed by atoms with Crippen LogP contribution in [0.3, 0.4) is 0 Å². The standard InChI is InChI=1S/C35H60O8/c1-4-5-14-21-30(36)22-16-11-7-8-12-17-23-32(38)33(39)24-19-26-35(41)43-28-31(37)27-42-34(40)25-18-13-9-6-10-15-20-29(2)3/h7-8,11-12,16-17,22-23,29-33,36-39H,4-6,9-10,13-15,18-21,24-28H2,1-3H3/b11-7-,12-8+,22-16+,23-17+/t30-,31-,32-,33-/m1/s1. The first-order valence-corrected chi connectivity index (χ1v) is 16.4. The van der Waals surface area contributed by atoms with E-state index in [0.717, 1.165) is 50.9 Å². The molecule has 0 heterocycles. The number of rotatable bonds is 27. The minimum atomic E-state index is -1.09. The number of carbonyl (C=O) groups excluding carboxylic acids is 2. The van der Waals surface area contributed by atoms with Gasteiger partial charge in [-0.3, -0.25) is 9.59 Å². The summed E-state index contributed by atoms with van der Waals surface area (Å²) >= 11 is 0. The SMILES string of the molecule is CCCCC[C@@H](O)/C=C/C=C\C=C\C=C\[C@@H](O)[C@H](O)CCCC(=O)OC[C@H](O)COC(=O)CCCCCCCCC(C)C. The molecule has 0 aliphatic heterocycles. The molecule has 0 aromatic rings. The molecule has 8 nitrogen and oxygen atoms in total. The number of unbranched alkanes of at least 4 members (excludes halogenated alkanes) is 7. The molecule has 4 N–H and O–H groups in total. The minimum absolute atomic E-state index is 0.0307. The fourth-order valence-electron chi connectivity index (χ4n) is 4.18. The van der Waals surface area contributed by atoms with E-state index in [1.807, 2.05) is 6.08 Å². The molecule has 0 bridgehead atoms. The van der Waals surface area contributed by atoms with Crippen molar-refractivity contribution in [1.29, 1.82) is 0 Å². The number of hydrogen-bond donors (Lipinski definition) is 4. The van der Waals surface area contributed by atoms with Crippen LogP contribution in [0.25, 0.3) is 0 Å². The highest BCUT2D eigenvalue weighted by atomic mass is 16.6. The molecule has 0 aliphatic carbocycles. The smallest absolute Gasteiger partial charge is 0.305 e. The molecule has 0 spiro atoms. The molecule has 248 valence electrons. The normalized spacial score (nSPS) is 15.2. The van der Waals surface area contributed by atoms with Crippen molar-refractivity contribution < 1.29 is 39.5 Å². The fourth-order valence-corrected chi connectivity index (χ4v) is 4.18. The third-order valence-corrected chi connectivity index (χ3v) is 6.86. The van der Waals surface area contributed by atoms with E-state index >= 15 is 0 Å². The van der Waals surface area contributed by atoms with Crippen LogP contribution >= 0.6 is 0 Å². The Morgan fingerprint density at radius 1 is 0.605 bits per heavy atom. The first kappa shape index (κ1) is 40.7. The number of aliphatic hydroxyl groups excluding tert-OH is 4. The molecule has 0 saturated heterocycles. The highest BCUT2D eigenvalue weighted by molar-refractivity contribution is 5.69. The molecule has 0 fully saturated rings. The number of aliphatic hydroxyl groups is 4. The molecule has 0 radical (unpaired) electrons. The summed E-state index contributed by atoms with van der Waals surface area (Å²) in [5.41, 5.74) is 0. The predicted molar refractivity (Wildman–Crippen MR) is 172 cm³/mol. The second kappa shape index (κ2) is 28.5. The van der Waals surface area contributed by atoms with Gasteiger partial charge in [-0.1, -0.05) is 127 Å². The van der Waals surface area contributed by atoms with E-state index in [-0.39, 0.29) is 32.0 Å². The molecule has 0 aliphatic rings. The van der Waals surface area contributed by atoms with Gasteiger partial charge in [-0.2, -0.15) is 0 Å². The highest BCUT2D eigenvalue weighted by Gasteiger charge is 2.15. The first-order valence-electron chi connectivity index (χ1n) is 16.4. The van der Waals surface area contributed by atoms with Crippen LogP contribution in [-0.4, -0.2) is 70.0 Å². The summed E-state index contributed by atoms with van der Waals surface area (Å²) < 4.78 is 10.1. The third kappa shape index (κ3) is 28.3. The number of hydrogen-bond acceptors (Lipinski definition) is 8. The Morgan fingerprint density at radius 3 is 1.72 bits per heavy atom. The van der Waals surface area contributed by atoms with Crippen molar-refractivity contribution in [3.63, 3.8) is 0 Å². The van der Waals surface area contributed by atoms with Gasteiger partial charge in [0.2, 0.25) is 0 Å². The summed E-state index contributed by atoms with van der Waals surface area (Å²) in [4.78, 5) is 23.8. The van der Waals surface area contributed by atoms with Crippen molar-refractivity contribution in [3.8, 4) is 0 Å². The molecular weight excluding hydrogens is 548 g/mol. The van der Waals surface area contributed by atoms with E-state index in [0.29, 0.717) is 12.8 Å². The molecule has 4 atom stereocenters. The van der Waals surface area contributed by atoms with Crippen molar-refractivity contribution in [2.75, 3.05) is 13.2 Å². The molecule has 0 unspecified atom stereocenters. The van der Waals surface area contributed by atoms with Gasteiger partial charge in [0.1, 0.15) is 19.3 Å². The number of ether oxygens (including phenoxy) is 2. The zero-order chi connectivity index (χ0) is 32.1. The van der Waals surface area contributed by atoms with Crippen LogP contribution in [0.4, 0.5) is 0 Å². The zero-order valence-corrected chi connectivity index (χ0v) is 26.9. The largest absolute Gasteiger partial charge is 0.463 e. The second-order valence-corrected chi connectivity index (χ2v) is 11.6. The van der Waals surface area contributed by atoms with E-state index in [1.54, 1.807) is 36.5 Å². The van der Waals surface area contributed by atoms with Gasteiger partial charge in [0.25, 0.3) is 0 Å². The van der Waals surface area contributed by atoms with Crippen molar-refractivity contribution in [1.82, 2.24) is 0 Å². The predicted octanol–water partition coefficient (Wildman–Crippen LogP) is 6.27. The van der Waals surface area contributed by atoms with E-state index in [9.17, 15) is 30.0 Å². The number of carbonyl (C=O) groups is 2. The third-order valence-electron chi connectivity index (χ3n) is 6.86. The molecule has 8 heteroatoms. The lowest BCUT2D eigenvalue weighted by atomic mass is 10.0. The van der Waals surface area contributed by atoms with E-state index < -0.39 is 30.4 Å². The Labute approximate surface area is 260 Å². The molecule has 0 rings (SSSR count). The average molecular weight is 609 g/mol. The van der Waals surface area contributed by atoms with Gasteiger partial charge >= 0.3 is 11.9 Å². The lowest BCUT2D eigenvalue weighted by Crippen LogP contribution is -2.26. The van der Waals surface area contributed by atoms with E-state index in [2.05, 4.69) is 20.8 Å². The quantitative estimate of drug-likeness (QED) is 0.0487. The Hall–Kier alpha value is -2.26. The maximum Gasteiger partial charge on any atom is 0.305 e. The lowest BCUT2D eigenvalue weighted by Gasteiger charge is -2.14. The maximum absolute atomic E-state index is 11.9. The van der Waals surface area contributed by atoms with Gasteiger partial charge in [0.05, 0.1) is 18.3 Å². The zero-order valence-electron chi connectivity index (χ0n) is 26.9. The molecule has 0 aromatic carbocycles. The van der Waals surface area contributed by atoms with Crippen molar-refractivity contribution in [2.24, 2.45) is 5.92 Å². The Morgan fingerprint density at radius 2 is 1.12 bits per heavy atom. The van der Waals surface area contributed by atoms with Crippen LogP contribution in [0, 0.1) is 5.92 Å². The van der Waals surface area contributed by atoms with Crippen molar-refractivity contribution >= 4 is 11.9 Å². The summed E-state index contributed by atoms with van der Waals surface area (Å²) in [6, 6.07) is 0. The van der Waals surface area contributed by atoms with Gasteiger partial charge in [0, 0.05) is 12.8 Å². The van der Waals surface area contributed by atoms with E-state index in [4.69, 9.17) is 9.47 Å². The topological polar surface area (TPSA) is 134 Å². The summed E-state index contributed by atoms with van der Waals surface area (Å²) in [7, 11) is 0. The number of esters is 2. The number of allylic oxidation sites excluding steroid dienone is 6. The van der Waals surface area contributed by atoms with Gasteiger partial charge in [0.15, 0.2) is 0 Å². The Balaban J connectivity index is 3.91. The Kier molecular flexibility index (Phi) is 27.0. The molecule has 0 aromatic heterocycles. The van der Waals surface area contributed by atoms with Crippen LogP contribution in [0.2, 0.25) is 0 Å². The molecule has 0 saturated carbocycles. The van der Waals surface area contributed by atoms with Gasteiger partial charge in [-0.25, -0.2) is 0 Å². The van der Waals surface area contributed by atoms with Crippen LogP contribution < -0.4 is 0 Å². The van der Waals surface area contributed by atoms with Crippen LogP contribution in [-0.2, 0) is 19.1 Å². The maximum atomic E-state index is 11.9. The summed E-state index contributed by atoms with van der Waals surface area (Å²) in [6.45, 7) is 6.11. The lowest BCUT2D eigenvalue weighted by molar-refractivity contribution is -0.152. The first-order chi connectivity index (χ1) is 20.6. The average Bonchev–Trinajstić information content (AvgIpc) is 2.97. The van der Waals surface area contributed by atoms with Gasteiger partial charge < -0.3 is 29.9 Å². The minimum Gasteiger partial charge on any atom is -0.463 e. The molecule has 43 heavy (non-hydrogen) atoms. The van der Waals surface area contributed by atoms with Crippen LogP contribution in [0.1, 0.15) is 117 Å². The van der Waals surface area contributed by atoms with E-state index in [1.165, 1.54) is 31.8 Å². The van der Waals surface area contributed by atoms with Crippen molar-refractivity contribution in [3.05, 3.63) is 48.6 Å². The van der Waals surface area contributed by atoms with Gasteiger partial charge in [-0.05, 0) is 31.6 Å². The highest BCUT2D eigenvalue weighted by Crippen LogP contribution is 2.12. The Bertz CT molecular complexity index is 802. The second-order valence-electron chi connectivity index (χ2n) is 11.6. The van der Waals surface area contributed by atoms with Gasteiger partial charge in [-0.15, -0.1) is 0 Å². The fraction of sp³-hybridized carbons (Fsp3) is 0.714. The molecular formula is C35H60O8. The van der Waals surface area contributed by atoms with Crippen molar-refractivity contribution in [2.45, 2.75) is 141 Å². The summed E-state index contributed by atoms with van der Waals surface area (Å²) in [5.74, 6) is -0.146. The summed E-state index contributed by atoms with van der Waals surface area (Å²) in [6.07, 6.45) is 22.8. The van der Waals surface area contributed by atoms with Crippen LogP contribution in [0.5, 0.6) is 0 Å².